The van der Waals surface area contributed by atoms with Crippen LogP contribution in [-0.4, -0.2) is 27.5 Å². The summed E-state index contributed by atoms with van der Waals surface area (Å²) in [6, 6.07) is 0. The highest BCUT2D eigenvalue weighted by Gasteiger charge is 2.50. The van der Waals surface area contributed by atoms with Gasteiger partial charge in [0.2, 0.25) is 0 Å². The number of hydrogen-bond acceptors (Lipinski definition) is 4. The highest BCUT2D eigenvalue weighted by atomic mass is 32.1. The zero-order valence-electron chi connectivity index (χ0n) is 20.1. The van der Waals surface area contributed by atoms with Crippen LogP contribution in [0.25, 0.3) is 0 Å². The Morgan fingerprint density at radius 2 is 1.41 bits per heavy atom. The van der Waals surface area contributed by atoms with Crippen molar-refractivity contribution in [2.75, 3.05) is 0 Å². The molecular formula is C25H54O3S. The Labute approximate surface area is 188 Å². The van der Waals surface area contributed by atoms with Gasteiger partial charge in [-0.1, -0.05) is 75.7 Å². The molecule has 1 aliphatic heterocycles. The molecule has 2 saturated carbocycles. The first-order valence-corrected chi connectivity index (χ1v) is 12.2. The van der Waals surface area contributed by atoms with Gasteiger partial charge in [0.25, 0.3) is 0 Å². The third-order valence-corrected chi connectivity index (χ3v) is 7.72. The summed E-state index contributed by atoms with van der Waals surface area (Å²) >= 11 is 4.25. The van der Waals surface area contributed by atoms with Crippen molar-refractivity contribution < 1.29 is 15.3 Å². The van der Waals surface area contributed by atoms with Crippen LogP contribution in [-0.2, 0) is 4.74 Å². The maximum atomic E-state index is 6.44. The summed E-state index contributed by atoms with van der Waals surface area (Å²) in [5.74, 6) is 5.36. The Kier molecular flexibility index (Phi) is 16.4. The van der Waals surface area contributed by atoms with Crippen molar-refractivity contribution in [1.29, 1.82) is 0 Å². The molecule has 0 bridgehead atoms. The maximum absolute atomic E-state index is 6.44. The molecule has 2 aliphatic carbocycles. The molecule has 0 radical (unpaired) electrons. The van der Waals surface area contributed by atoms with Crippen LogP contribution in [0.15, 0.2) is 0 Å². The molecule has 3 fully saturated rings. The van der Waals surface area contributed by atoms with Crippen molar-refractivity contribution >= 4 is 12.6 Å². The molecule has 29 heavy (non-hydrogen) atoms. The molecule has 8 atom stereocenters. The van der Waals surface area contributed by atoms with Crippen molar-refractivity contribution in [3.63, 3.8) is 0 Å². The van der Waals surface area contributed by atoms with Gasteiger partial charge in [0.15, 0.2) is 0 Å². The minimum Gasteiger partial charge on any atom is -0.375 e. The third kappa shape index (κ3) is 9.49. The van der Waals surface area contributed by atoms with Gasteiger partial charge in [0.05, 0.1) is 12.2 Å². The molecule has 0 aromatic carbocycles. The number of thiol groups is 1. The Morgan fingerprint density at radius 3 is 1.90 bits per heavy atom. The zero-order valence-corrected chi connectivity index (χ0v) is 21.0. The third-order valence-electron chi connectivity index (χ3n) is 7.40. The van der Waals surface area contributed by atoms with E-state index in [9.17, 15) is 0 Å². The van der Waals surface area contributed by atoms with Crippen molar-refractivity contribution in [3.05, 3.63) is 0 Å². The van der Waals surface area contributed by atoms with Crippen LogP contribution >= 0.6 is 12.6 Å². The van der Waals surface area contributed by atoms with Gasteiger partial charge in [-0.2, -0.15) is 12.6 Å². The van der Waals surface area contributed by atoms with E-state index in [4.69, 9.17) is 15.3 Å². The molecule has 3 rings (SSSR count). The fourth-order valence-corrected chi connectivity index (χ4v) is 5.24. The number of hydrogen-bond donors (Lipinski definition) is 3. The lowest BCUT2D eigenvalue weighted by Gasteiger charge is -2.52. The molecule has 0 aromatic rings. The van der Waals surface area contributed by atoms with Crippen molar-refractivity contribution in [2.24, 2.45) is 35.5 Å². The van der Waals surface area contributed by atoms with Gasteiger partial charge in [-0.3, -0.25) is 10.5 Å². The van der Waals surface area contributed by atoms with Gasteiger partial charge >= 0.3 is 0 Å². The molecule has 1 saturated heterocycles. The molecule has 178 valence electrons. The number of rotatable bonds is 1. The molecule has 0 spiro atoms. The fraction of sp³-hybridized carbons (Fsp3) is 1.00. The van der Waals surface area contributed by atoms with Gasteiger partial charge in [0, 0.05) is 4.75 Å². The van der Waals surface area contributed by atoms with Gasteiger partial charge in [-0.25, -0.2) is 0 Å². The highest BCUT2D eigenvalue weighted by molar-refractivity contribution is 7.81. The molecule has 1 heterocycles. The van der Waals surface area contributed by atoms with E-state index < -0.39 is 0 Å². The molecule has 2 N–H and O–H groups in total. The van der Waals surface area contributed by atoms with Gasteiger partial charge in [-0.05, 0) is 68.1 Å². The summed E-state index contributed by atoms with van der Waals surface area (Å²) in [5, 5.41) is 12.0. The van der Waals surface area contributed by atoms with E-state index in [0.717, 1.165) is 41.9 Å². The quantitative estimate of drug-likeness (QED) is 0.221. The van der Waals surface area contributed by atoms with E-state index >= 15 is 0 Å². The second-order valence-electron chi connectivity index (χ2n) is 9.78. The first-order chi connectivity index (χ1) is 13.1. The highest BCUT2D eigenvalue weighted by Crippen LogP contribution is 2.53. The Hall–Kier alpha value is 0.230. The first kappa shape index (κ1) is 31.4. The van der Waals surface area contributed by atoms with Crippen LogP contribution in [0.1, 0.15) is 108 Å². The Balaban J connectivity index is 0. The van der Waals surface area contributed by atoms with Crippen molar-refractivity contribution in [1.82, 2.24) is 0 Å². The molecule has 3 aliphatic rings. The molecule has 4 heteroatoms. The van der Waals surface area contributed by atoms with Gasteiger partial charge < -0.3 is 4.74 Å². The predicted molar refractivity (Wildman–Crippen MR) is 132 cm³/mol. The van der Waals surface area contributed by atoms with E-state index in [1.807, 2.05) is 13.8 Å². The van der Waals surface area contributed by atoms with Crippen LogP contribution in [0.4, 0.5) is 0 Å². The fourth-order valence-electron chi connectivity index (χ4n) is 5.24. The topological polar surface area (TPSA) is 49.7 Å². The molecule has 0 aromatic heterocycles. The Bertz CT molecular complexity index is 394. The smallest absolute Gasteiger partial charge is 0.0615 e. The number of ether oxygens (including phenoxy) is 1. The van der Waals surface area contributed by atoms with Crippen LogP contribution in [0.3, 0.4) is 0 Å². The summed E-state index contributed by atoms with van der Waals surface area (Å²) < 4.78 is 6.67. The average molecular weight is 435 g/mol. The summed E-state index contributed by atoms with van der Waals surface area (Å²) in [5.41, 5.74) is 0. The van der Waals surface area contributed by atoms with Crippen LogP contribution in [0, 0.1) is 35.5 Å². The summed E-state index contributed by atoms with van der Waals surface area (Å²) in [6.07, 6.45) is 9.33. The van der Waals surface area contributed by atoms with E-state index in [1.165, 1.54) is 32.1 Å². The van der Waals surface area contributed by atoms with E-state index in [-0.39, 0.29) is 12.2 Å². The molecule has 0 amide bonds. The van der Waals surface area contributed by atoms with Gasteiger partial charge in [-0.15, -0.1) is 0 Å². The largest absolute Gasteiger partial charge is 0.375 e. The standard InChI is InChI=1S/C17H30O.C5H12S.C2H6.CH4.H2O2/c1-10-5-7-14-11(2)6-8-15-12(3)13(4)18-16(9-10)17(14)15;1-4-5(2,3)6;1-2;;1-2/h10-17H,5-9H2,1-4H3;6H,4H2,1-3H3;1-2H3;1H4;1-2H/t10?,11-,12?,13?,14?,15+,16?,17?;;;;/m1..../s1. The monoisotopic (exact) mass is 434 g/mol. The van der Waals surface area contributed by atoms with Crippen LogP contribution in [0.2, 0.25) is 0 Å². The lowest BCUT2D eigenvalue weighted by molar-refractivity contribution is -0.176. The normalized spacial score (nSPS) is 38.1. The zero-order chi connectivity index (χ0) is 22.1. The van der Waals surface area contributed by atoms with Gasteiger partial charge in [0.1, 0.15) is 0 Å². The summed E-state index contributed by atoms with van der Waals surface area (Å²) in [4.78, 5) is 0. The lowest BCUT2D eigenvalue weighted by atomic mass is 9.59. The molecular weight excluding hydrogens is 380 g/mol. The van der Waals surface area contributed by atoms with Crippen LogP contribution < -0.4 is 0 Å². The Morgan fingerprint density at radius 1 is 0.931 bits per heavy atom. The predicted octanol–water partition coefficient (Wildman–Crippen LogP) is 8.29. The van der Waals surface area contributed by atoms with Crippen LogP contribution in [0.5, 0.6) is 0 Å². The maximum Gasteiger partial charge on any atom is 0.0615 e. The van der Waals surface area contributed by atoms with E-state index in [1.54, 1.807) is 0 Å². The lowest BCUT2D eigenvalue weighted by Crippen LogP contribution is -2.51. The molecule has 3 nitrogen and oxygen atoms in total. The first-order valence-electron chi connectivity index (χ1n) is 11.7. The minimum absolute atomic E-state index is 0. The molecule has 6 unspecified atom stereocenters. The average Bonchev–Trinajstić information content (AvgIpc) is 2.84. The second kappa shape index (κ2) is 15.1. The SMILES string of the molecule is C.CC.CC1CCC2C3C(C1)OC(C)C(C)[C@@H]3CC[C@H]2C.CCC(C)(C)S.OO. The van der Waals surface area contributed by atoms with E-state index in [0.29, 0.717) is 12.2 Å². The minimum atomic E-state index is 0. The second-order valence-corrected chi connectivity index (χ2v) is 11.0. The van der Waals surface area contributed by atoms with E-state index in [2.05, 4.69) is 61.1 Å². The summed E-state index contributed by atoms with van der Waals surface area (Å²) in [7, 11) is 0. The van der Waals surface area contributed by atoms with Crippen molar-refractivity contribution in [2.45, 2.75) is 125 Å². The summed E-state index contributed by atoms with van der Waals surface area (Å²) in [6.45, 7) is 20.0. The van der Waals surface area contributed by atoms with Crippen molar-refractivity contribution in [3.8, 4) is 0 Å².